The quantitative estimate of drug-likeness (QED) is 0.685. The summed E-state index contributed by atoms with van der Waals surface area (Å²) in [7, 11) is 0. The number of nitrogens with zero attached hydrogens (tertiary/aromatic N) is 4. The molecule has 2 aliphatic heterocycles. The van der Waals surface area contributed by atoms with Crippen LogP contribution in [0.2, 0.25) is 10.3 Å². The minimum atomic E-state index is -0.492. The molecule has 2 aliphatic rings. The van der Waals surface area contributed by atoms with Gasteiger partial charge in [-0.3, -0.25) is 0 Å². The third kappa shape index (κ3) is 3.38. The van der Waals surface area contributed by atoms with E-state index in [9.17, 15) is 4.79 Å². The van der Waals surface area contributed by atoms with Crippen LogP contribution in [0.15, 0.2) is 6.20 Å². The first-order valence-electron chi connectivity index (χ1n) is 8.33. The van der Waals surface area contributed by atoms with Crippen molar-refractivity contribution in [2.45, 2.75) is 40.2 Å². The van der Waals surface area contributed by atoms with Crippen LogP contribution in [0.1, 0.15) is 34.6 Å². The number of rotatable bonds is 1. The Morgan fingerprint density at radius 1 is 1.16 bits per heavy atom. The zero-order valence-electron chi connectivity index (χ0n) is 15.3. The maximum Gasteiger partial charge on any atom is 0.410 e. The van der Waals surface area contributed by atoms with Crippen LogP contribution >= 0.6 is 23.2 Å². The van der Waals surface area contributed by atoms with E-state index in [1.54, 1.807) is 0 Å². The molecule has 0 unspecified atom stereocenters. The van der Waals surface area contributed by atoms with Gasteiger partial charge in [0.15, 0.2) is 5.82 Å². The predicted octanol–water partition coefficient (Wildman–Crippen LogP) is 3.87. The summed E-state index contributed by atoms with van der Waals surface area (Å²) in [5.41, 5.74) is -0.650. The van der Waals surface area contributed by atoms with Crippen LogP contribution in [-0.4, -0.2) is 52.7 Å². The van der Waals surface area contributed by atoms with Crippen LogP contribution in [-0.2, 0) is 4.74 Å². The molecule has 25 heavy (non-hydrogen) atoms. The van der Waals surface area contributed by atoms with E-state index in [-0.39, 0.29) is 22.2 Å². The maximum absolute atomic E-state index is 12.5. The predicted molar refractivity (Wildman–Crippen MR) is 98.3 cm³/mol. The number of halogens is 2. The maximum atomic E-state index is 12.5. The molecule has 0 aromatic carbocycles. The van der Waals surface area contributed by atoms with E-state index in [2.05, 4.69) is 28.7 Å². The molecule has 2 saturated heterocycles. The smallest absolute Gasteiger partial charge is 0.410 e. The van der Waals surface area contributed by atoms with Crippen molar-refractivity contribution in [1.29, 1.82) is 0 Å². The summed E-state index contributed by atoms with van der Waals surface area (Å²) in [6.07, 6.45) is 1.27. The van der Waals surface area contributed by atoms with E-state index >= 15 is 0 Å². The number of carbonyl (C=O) groups excluding carboxylic acids is 1. The number of fused-ring (bicyclic) bond motifs is 1. The second-order valence-electron chi connectivity index (χ2n) is 8.62. The summed E-state index contributed by atoms with van der Waals surface area (Å²) < 4.78 is 5.54. The molecule has 2 atom stereocenters. The van der Waals surface area contributed by atoms with Gasteiger partial charge in [-0.05, 0) is 32.4 Å². The Balaban J connectivity index is 1.79. The Kier molecular flexibility index (Phi) is 4.35. The Morgan fingerprint density at radius 3 is 2.24 bits per heavy atom. The Hall–Kier alpha value is -1.27. The SMILES string of the molecule is CC(C)(C)OC(=O)N1C[C@@]2(C)CN(c3nc(Cl)ncc3Cl)C[C@@]2(C)C1. The molecular formula is C17H24Cl2N4O2. The summed E-state index contributed by atoms with van der Waals surface area (Å²) in [6.45, 7) is 12.8. The number of anilines is 1. The highest BCUT2D eigenvalue weighted by Gasteiger charge is 2.59. The zero-order chi connectivity index (χ0) is 18.6. The number of hydrogen-bond donors (Lipinski definition) is 0. The molecule has 0 spiro atoms. The average molecular weight is 387 g/mol. The molecule has 2 fully saturated rings. The first-order valence-corrected chi connectivity index (χ1v) is 9.09. The van der Waals surface area contributed by atoms with E-state index in [0.717, 1.165) is 13.1 Å². The molecule has 8 heteroatoms. The van der Waals surface area contributed by atoms with Crippen LogP contribution < -0.4 is 4.90 Å². The van der Waals surface area contributed by atoms with E-state index in [1.165, 1.54) is 6.20 Å². The molecule has 0 aliphatic carbocycles. The monoisotopic (exact) mass is 386 g/mol. The van der Waals surface area contributed by atoms with E-state index in [4.69, 9.17) is 27.9 Å². The molecular weight excluding hydrogens is 363 g/mol. The van der Waals surface area contributed by atoms with Crippen molar-refractivity contribution >= 4 is 35.1 Å². The van der Waals surface area contributed by atoms with Gasteiger partial charge < -0.3 is 14.5 Å². The van der Waals surface area contributed by atoms with E-state index in [0.29, 0.717) is 23.9 Å². The molecule has 3 rings (SSSR count). The number of aromatic nitrogens is 2. The Morgan fingerprint density at radius 2 is 1.72 bits per heavy atom. The van der Waals surface area contributed by atoms with Gasteiger partial charge in [-0.1, -0.05) is 25.4 Å². The molecule has 138 valence electrons. The highest BCUT2D eigenvalue weighted by atomic mass is 35.5. The fourth-order valence-electron chi connectivity index (χ4n) is 3.82. The highest BCUT2D eigenvalue weighted by Crippen LogP contribution is 2.53. The molecule has 1 aromatic rings. The van der Waals surface area contributed by atoms with Crippen LogP contribution in [0.25, 0.3) is 0 Å². The second kappa shape index (κ2) is 5.88. The van der Waals surface area contributed by atoms with Gasteiger partial charge in [-0.2, -0.15) is 4.98 Å². The van der Waals surface area contributed by atoms with Crippen molar-refractivity contribution in [2.24, 2.45) is 10.8 Å². The summed E-state index contributed by atoms with van der Waals surface area (Å²) >= 11 is 12.2. The third-order valence-electron chi connectivity index (χ3n) is 5.26. The third-order valence-corrected chi connectivity index (χ3v) is 5.71. The lowest BCUT2D eigenvalue weighted by atomic mass is 9.71. The lowest BCUT2D eigenvalue weighted by molar-refractivity contribution is 0.0269. The fourth-order valence-corrected chi connectivity index (χ4v) is 4.16. The zero-order valence-corrected chi connectivity index (χ0v) is 16.8. The van der Waals surface area contributed by atoms with Crippen LogP contribution in [0.5, 0.6) is 0 Å². The molecule has 0 N–H and O–H groups in total. The Labute approximate surface area is 158 Å². The van der Waals surface area contributed by atoms with Gasteiger partial charge in [0.05, 0.1) is 6.20 Å². The van der Waals surface area contributed by atoms with E-state index in [1.807, 2.05) is 25.7 Å². The van der Waals surface area contributed by atoms with Crippen molar-refractivity contribution in [3.05, 3.63) is 16.5 Å². The van der Waals surface area contributed by atoms with Gasteiger partial charge in [0, 0.05) is 37.0 Å². The molecule has 3 heterocycles. The van der Waals surface area contributed by atoms with Crippen LogP contribution in [0.4, 0.5) is 10.6 Å². The van der Waals surface area contributed by atoms with Gasteiger partial charge >= 0.3 is 6.09 Å². The lowest BCUT2D eigenvalue weighted by Crippen LogP contribution is -2.39. The molecule has 0 bridgehead atoms. The standard InChI is InChI=1S/C17H24Cl2N4O2/c1-15(2,3)25-14(24)23-9-16(4)7-22(8-17(16,5)10-23)12-11(18)6-20-13(19)21-12/h6H,7-10H2,1-5H3/t16-,17+. The van der Waals surface area contributed by atoms with Crippen molar-refractivity contribution in [1.82, 2.24) is 14.9 Å². The van der Waals surface area contributed by atoms with Crippen LogP contribution in [0.3, 0.4) is 0 Å². The number of ether oxygens (including phenoxy) is 1. The van der Waals surface area contributed by atoms with Gasteiger partial charge in [0.2, 0.25) is 5.28 Å². The van der Waals surface area contributed by atoms with Gasteiger partial charge in [-0.15, -0.1) is 0 Å². The number of amides is 1. The van der Waals surface area contributed by atoms with Gasteiger partial charge in [0.1, 0.15) is 10.6 Å². The molecule has 0 radical (unpaired) electrons. The van der Waals surface area contributed by atoms with Crippen LogP contribution in [0, 0.1) is 10.8 Å². The summed E-state index contributed by atoms with van der Waals surface area (Å²) in [4.78, 5) is 24.6. The van der Waals surface area contributed by atoms with Crippen molar-refractivity contribution in [3.8, 4) is 0 Å². The second-order valence-corrected chi connectivity index (χ2v) is 9.37. The Bertz CT molecular complexity index is 688. The largest absolute Gasteiger partial charge is 0.444 e. The number of hydrogen-bond acceptors (Lipinski definition) is 5. The minimum absolute atomic E-state index is 0.0787. The topological polar surface area (TPSA) is 58.6 Å². The molecule has 0 saturated carbocycles. The van der Waals surface area contributed by atoms with Crippen molar-refractivity contribution in [2.75, 3.05) is 31.1 Å². The first kappa shape index (κ1) is 18.5. The highest BCUT2D eigenvalue weighted by molar-refractivity contribution is 6.33. The lowest BCUT2D eigenvalue weighted by Gasteiger charge is -2.29. The summed E-state index contributed by atoms with van der Waals surface area (Å²) in [5.74, 6) is 0.655. The number of carbonyl (C=O) groups is 1. The van der Waals surface area contributed by atoms with Gasteiger partial charge in [-0.25, -0.2) is 9.78 Å². The van der Waals surface area contributed by atoms with Crippen molar-refractivity contribution in [3.63, 3.8) is 0 Å². The summed E-state index contributed by atoms with van der Waals surface area (Å²) in [6, 6.07) is 0. The molecule has 6 nitrogen and oxygen atoms in total. The van der Waals surface area contributed by atoms with Gasteiger partial charge in [0.25, 0.3) is 0 Å². The minimum Gasteiger partial charge on any atom is -0.444 e. The van der Waals surface area contributed by atoms with Crippen molar-refractivity contribution < 1.29 is 9.53 Å². The normalized spacial score (nSPS) is 29.1. The van der Waals surface area contributed by atoms with E-state index < -0.39 is 5.60 Å². The molecule has 1 amide bonds. The molecule has 1 aromatic heterocycles. The average Bonchev–Trinajstić information content (AvgIpc) is 2.84. The fraction of sp³-hybridized carbons (Fsp3) is 0.706. The number of likely N-dealkylation sites (tertiary alicyclic amines) is 1. The summed E-state index contributed by atoms with van der Waals surface area (Å²) in [5, 5.41) is 0.669. The first-order chi connectivity index (χ1) is 11.4.